The van der Waals surface area contributed by atoms with Crippen LogP contribution in [0.4, 0.5) is 35.7 Å². The van der Waals surface area contributed by atoms with Crippen LogP contribution in [0.25, 0.3) is 67.0 Å². The van der Waals surface area contributed by atoms with E-state index in [1.54, 1.807) is 0 Å². The molecule has 0 saturated carbocycles. The van der Waals surface area contributed by atoms with Crippen molar-refractivity contribution in [3.05, 3.63) is 100 Å². The van der Waals surface area contributed by atoms with Gasteiger partial charge in [0.1, 0.15) is 111 Å². The van der Waals surface area contributed by atoms with Gasteiger partial charge in [-0.2, -0.15) is 29.9 Å². The quantitative estimate of drug-likeness (QED) is 0.0171. The molecule has 67 nitrogen and oxygen atoms in total. The highest BCUT2D eigenvalue weighted by molar-refractivity contribution is 7.48. The number of aliphatic hydroxyl groups is 1. The lowest BCUT2D eigenvalue weighted by atomic mass is 10.2. The molecule has 0 bridgehead atoms. The van der Waals surface area contributed by atoms with Crippen LogP contribution in [-0.2, 0) is 106 Å². The third kappa shape index (κ3) is 19.5. The zero-order valence-corrected chi connectivity index (χ0v) is 72.3. The minimum atomic E-state index is -5.73. The Labute approximate surface area is 732 Å². The van der Waals surface area contributed by atoms with Crippen molar-refractivity contribution in [1.82, 2.24) is 117 Å². The number of nitrogens with two attached hydrogens (primary N) is 6. The highest BCUT2D eigenvalue weighted by Crippen LogP contribution is 2.57. The average molecular weight is 1990 g/mol. The molecule has 5 unspecified atom stereocenters. The number of nitrogen functional groups attached to an aromatic ring is 6. The number of hydrogen-bond acceptors (Lipinski definition) is 48. The molecule has 716 valence electrons. The summed E-state index contributed by atoms with van der Waals surface area (Å²) in [7, 11) is -33.4. The number of rotatable bonds is 34. The number of imidazole rings is 6. The van der Waals surface area contributed by atoms with Crippen LogP contribution in [0, 0.1) is 0 Å². The van der Waals surface area contributed by atoms with E-state index in [0.29, 0.717) is 0 Å². The monoisotopic (exact) mass is 1990 g/mol. The fraction of sp³-hybridized carbons (Fsp3) is 0.500. The molecule has 18 heterocycles. The van der Waals surface area contributed by atoms with E-state index in [1.165, 1.54) is 20.0 Å². The zero-order chi connectivity index (χ0) is 94.2. The van der Waals surface area contributed by atoms with Crippen molar-refractivity contribution in [3.8, 4) is 0 Å². The molecule has 12 aromatic rings. The van der Waals surface area contributed by atoms with Gasteiger partial charge in [0.05, 0.1) is 77.6 Å². The van der Waals surface area contributed by atoms with Crippen LogP contribution in [0.5, 0.6) is 0 Å². The minimum Gasteiger partial charge on any atom is -0.394 e. The molecule has 73 heteroatoms. The van der Waals surface area contributed by atoms with E-state index in [2.05, 4.69) is 89.7 Å². The fourth-order valence-electron chi connectivity index (χ4n) is 15.8. The summed E-state index contributed by atoms with van der Waals surface area (Å²) < 4.78 is 189. The topological polar surface area (TPSA) is 959 Å². The normalized spacial score (nSPS) is 28.2. The van der Waals surface area contributed by atoms with Crippen LogP contribution in [-0.4, -0.2) is 269 Å². The molecule has 6 aliphatic heterocycles. The zero-order valence-electron chi connectivity index (χ0n) is 67.0. The SMILES string of the molecule is Nc1nc2c(ncn2[C@H]2C[C@H](OP(=O)(O)O)[C@@H](COP(=O)(O)O[C@H]3C[C@H](n4cnc5c(=O)[nH]c(N)nc54)O[C@@H]3COP(=O)(O)O[C@H]3C[C@H](n4cnc5c(=O)[nH]c(N)nc54)O[C@@H]3COP(=O)(O)O[C@H]3C[C@H](n4cnc5c(=O)[nH]c(N)nc54)O[C@@H]3COP(=O)(O)O[C@H]3C[C@H](n4cnc5c(=O)[nH]c(N)nc54)O[C@@H]3COP(=O)(O)O[C@H]3C[C@H](n4cnc5c(=O)[nH]c(N)nc54)O[C@@H]3CO)O2)c(=O)[nH]1. The van der Waals surface area contributed by atoms with Gasteiger partial charge in [-0.05, 0) is 0 Å². The first-order valence-corrected chi connectivity index (χ1v) is 47.8. The molecular weight excluding hydrogens is 1920 g/mol. The van der Waals surface area contributed by atoms with Crippen LogP contribution in [0.1, 0.15) is 75.9 Å². The van der Waals surface area contributed by atoms with Crippen LogP contribution in [0.2, 0.25) is 0 Å². The maximum atomic E-state index is 14.7. The Balaban J connectivity index is 0.577. The molecular formula is C60H74N30O37P6. The van der Waals surface area contributed by atoms with Gasteiger partial charge in [0.25, 0.3) is 33.4 Å². The van der Waals surface area contributed by atoms with Gasteiger partial charge in [0.15, 0.2) is 67.0 Å². The van der Waals surface area contributed by atoms with E-state index in [-0.39, 0.29) is 91.2 Å². The largest absolute Gasteiger partial charge is 0.472 e. The molecule has 6 aliphatic rings. The van der Waals surface area contributed by atoms with Gasteiger partial charge in [0.2, 0.25) is 35.7 Å². The second-order valence-electron chi connectivity index (χ2n) is 30.2. The van der Waals surface area contributed by atoms with Gasteiger partial charge < -0.3 is 102 Å². The Hall–Kier alpha value is -10.7. The van der Waals surface area contributed by atoms with E-state index in [0.717, 1.165) is 45.3 Å². The summed E-state index contributed by atoms with van der Waals surface area (Å²) in [6, 6.07) is 0. The highest BCUT2D eigenvalue weighted by Gasteiger charge is 2.53. The van der Waals surface area contributed by atoms with Crippen molar-refractivity contribution < 1.29 is 145 Å². The molecule has 0 amide bonds. The Morgan fingerprint density at radius 1 is 0.293 bits per heavy atom. The molecule has 0 spiro atoms. The Kier molecular flexibility index (Phi) is 24.8. The maximum absolute atomic E-state index is 14.7. The van der Waals surface area contributed by atoms with Crippen molar-refractivity contribution in [2.45, 2.75) is 149 Å². The van der Waals surface area contributed by atoms with Crippen molar-refractivity contribution in [1.29, 1.82) is 0 Å². The van der Waals surface area contributed by atoms with Crippen LogP contribution in [0.15, 0.2) is 66.7 Å². The predicted molar refractivity (Wildman–Crippen MR) is 434 cm³/mol. The standard InChI is InChI=1S/C60H74N30O37P6/c61-55-73-43-37(49(92)79-55)67-13-85(43)31-1-19(25(7-91)116-31)123-129(101,102)112-9-27-21(3-33(118-27)87-15-69-39-45(87)75-57(63)81-51(39)94)125-131(105,106)114-11-29-23(5-35(120-29)89-17-71-41-47(89)77-59(65)83-53(41)96)127-133(109,110)115-12-30-24(6-36(121-30)90-18-72-42-48(90)78-60(66)84-54(42)97)126-132(107,108)113-10-28-22(4-34(119-28)88-16-70-40-46(88)76-58(64)82-52(40)95)124-130(103,104)111-8-26-20(122-128(98,99)100)2-32(117-26)86-14-68-38-44(86)74-56(62)80-50(38)93/h13-36,91H,1-12H2,(H,101,102)(H,103,104)(H,105,106)(H,107,108)(H,109,110)(H2,98,99,100)(H3,61,73,79,92)(H3,62,74,80,93)(H3,63,75,81,94)(H3,64,76,82,95)(H3,65,77,83,96)(H3,66,78,84,97)/t19-,20-,21-,22-,23-,24-,25+,26+,27+,28+,29+,30+,31+,32+,33+,34+,35+,36+/m0/s1. The molecule has 0 radical (unpaired) electrons. The van der Waals surface area contributed by atoms with Crippen LogP contribution < -0.4 is 67.8 Å². The lowest BCUT2D eigenvalue weighted by molar-refractivity contribution is -0.0638. The van der Waals surface area contributed by atoms with Gasteiger partial charge in [0, 0.05) is 38.5 Å². The first kappa shape index (κ1) is 92.7. The molecule has 12 aromatic heterocycles. The number of aromatic amines is 6. The summed E-state index contributed by atoms with van der Waals surface area (Å²) in [4.78, 5) is 218. The van der Waals surface area contributed by atoms with E-state index in [4.69, 9.17) is 113 Å². The summed E-state index contributed by atoms with van der Waals surface area (Å²) in [5.74, 6) is -2.27. The second-order valence-corrected chi connectivity index (χ2v) is 38.4. The van der Waals surface area contributed by atoms with Crippen LogP contribution in [0.3, 0.4) is 0 Å². The smallest absolute Gasteiger partial charge is 0.394 e. The molecule has 26 N–H and O–H groups in total. The third-order valence-electron chi connectivity index (χ3n) is 21.5. The Morgan fingerprint density at radius 3 is 0.632 bits per heavy atom. The molecule has 18 rings (SSSR count). The molecule has 0 aromatic carbocycles. The number of ether oxygens (including phenoxy) is 6. The van der Waals surface area contributed by atoms with E-state index < -0.39 is 280 Å². The highest BCUT2D eigenvalue weighted by atomic mass is 31.2. The number of nitrogens with one attached hydrogen (secondary N) is 6. The van der Waals surface area contributed by atoms with Gasteiger partial charge in [-0.1, -0.05) is 0 Å². The van der Waals surface area contributed by atoms with Crippen LogP contribution >= 0.6 is 46.9 Å². The number of phosphoric ester groups is 6. The predicted octanol–water partition coefficient (Wildman–Crippen LogP) is -4.02. The molecule has 6 saturated heterocycles. The number of phosphoric acid groups is 6. The van der Waals surface area contributed by atoms with Crippen molar-refractivity contribution in [3.63, 3.8) is 0 Å². The first-order chi connectivity index (χ1) is 62.9. The second kappa shape index (κ2) is 35.5. The van der Waals surface area contributed by atoms with Crippen molar-refractivity contribution in [2.75, 3.05) is 74.0 Å². The van der Waals surface area contributed by atoms with Gasteiger partial charge in [-0.15, -0.1) is 0 Å². The number of fused-ring (bicyclic) bond motifs is 6. The fourth-order valence-corrected chi connectivity index (χ4v) is 21.1. The lowest BCUT2D eigenvalue weighted by Crippen LogP contribution is -2.32. The summed E-state index contributed by atoms with van der Waals surface area (Å²) in [6.07, 6.45) is -25.1. The average Bonchev–Trinajstić information content (AvgIpc) is 1.63. The number of aliphatic hydroxyl groups excluding tert-OH is 1. The lowest BCUT2D eigenvalue weighted by Gasteiger charge is -2.26. The number of H-pyrrole nitrogens is 6. The van der Waals surface area contributed by atoms with Crippen molar-refractivity contribution >= 4 is 150 Å². The van der Waals surface area contributed by atoms with E-state index in [1.807, 2.05) is 0 Å². The minimum absolute atomic E-state index is 0.0517. The summed E-state index contributed by atoms with van der Waals surface area (Å²) in [5.41, 5.74) is 27.8. The summed E-state index contributed by atoms with van der Waals surface area (Å²) in [5, 5.41) is 10.3. The maximum Gasteiger partial charge on any atom is 0.472 e. The van der Waals surface area contributed by atoms with Crippen molar-refractivity contribution in [2.24, 2.45) is 0 Å². The number of nitrogens with zero attached hydrogens (tertiary/aromatic N) is 18. The van der Waals surface area contributed by atoms with E-state index >= 15 is 0 Å². The Bertz CT molecular complexity index is 7230. The number of anilines is 6. The molecule has 23 atom stereocenters. The number of aromatic nitrogens is 24. The summed E-state index contributed by atoms with van der Waals surface area (Å²) >= 11 is 0. The van der Waals surface area contributed by atoms with Gasteiger partial charge in [-0.3, -0.25) is 136 Å². The molecule has 6 fully saturated rings. The van der Waals surface area contributed by atoms with E-state index in [9.17, 15) is 95.5 Å². The van der Waals surface area contributed by atoms with Gasteiger partial charge in [-0.25, -0.2) is 57.3 Å². The van der Waals surface area contributed by atoms with Gasteiger partial charge >= 0.3 is 46.9 Å². The Morgan fingerprint density at radius 2 is 0.459 bits per heavy atom. The molecule has 0 aliphatic carbocycles. The molecule has 133 heavy (non-hydrogen) atoms. The third-order valence-corrected chi connectivity index (χ3v) is 27.1. The first-order valence-electron chi connectivity index (χ1n) is 38.8. The summed E-state index contributed by atoms with van der Waals surface area (Å²) in [6.45, 7) is -6.36. The number of hydrogen-bond donors (Lipinski definition) is 20.